The molecular formula is C9H7N5. The van der Waals surface area contributed by atoms with Crippen LogP contribution in [0, 0.1) is 11.3 Å². The van der Waals surface area contributed by atoms with Crippen molar-refractivity contribution < 1.29 is 0 Å². The number of hydrogen-bond donors (Lipinski definition) is 0. The lowest BCUT2D eigenvalue weighted by Crippen LogP contribution is -2.05. The van der Waals surface area contributed by atoms with Gasteiger partial charge in [-0.3, -0.25) is 0 Å². The van der Waals surface area contributed by atoms with Crippen molar-refractivity contribution in [2.75, 3.05) is 0 Å². The van der Waals surface area contributed by atoms with E-state index in [4.69, 9.17) is 5.26 Å². The fourth-order valence-electron chi connectivity index (χ4n) is 1.56. The van der Waals surface area contributed by atoms with Crippen molar-refractivity contribution in [2.24, 2.45) is 0 Å². The molecule has 0 bridgehead atoms. The SMILES string of the molecule is N#CC1(c2cnc3ncnn3c2)CC1. The van der Waals surface area contributed by atoms with Crippen LogP contribution in [0.1, 0.15) is 18.4 Å². The van der Waals surface area contributed by atoms with Gasteiger partial charge >= 0.3 is 0 Å². The molecule has 0 unspecified atom stereocenters. The summed E-state index contributed by atoms with van der Waals surface area (Å²) in [5, 5.41) is 13.0. The van der Waals surface area contributed by atoms with Crippen LogP contribution in [0.2, 0.25) is 0 Å². The second kappa shape index (κ2) is 2.29. The maximum Gasteiger partial charge on any atom is 0.252 e. The predicted molar refractivity (Wildman–Crippen MR) is 47.3 cm³/mol. The molecule has 0 saturated heterocycles. The Bertz CT molecular complexity index is 531. The molecule has 1 saturated carbocycles. The van der Waals surface area contributed by atoms with Crippen LogP contribution < -0.4 is 0 Å². The molecule has 1 aliphatic carbocycles. The van der Waals surface area contributed by atoms with Gasteiger partial charge in [0.15, 0.2) is 0 Å². The second-order valence-corrected chi connectivity index (χ2v) is 3.54. The minimum atomic E-state index is -0.298. The Morgan fingerprint density at radius 3 is 3.00 bits per heavy atom. The van der Waals surface area contributed by atoms with Crippen LogP contribution in [-0.4, -0.2) is 19.6 Å². The monoisotopic (exact) mass is 185 g/mol. The first kappa shape index (κ1) is 7.44. The largest absolute Gasteiger partial charge is 0.252 e. The van der Waals surface area contributed by atoms with E-state index < -0.39 is 0 Å². The zero-order chi connectivity index (χ0) is 9.60. The zero-order valence-corrected chi connectivity index (χ0v) is 7.38. The van der Waals surface area contributed by atoms with Crippen LogP contribution in [-0.2, 0) is 5.41 Å². The van der Waals surface area contributed by atoms with Crippen LogP contribution in [0.25, 0.3) is 5.78 Å². The van der Waals surface area contributed by atoms with Gasteiger partial charge in [-0.15, -0.1) is 0 Å². The smallest absolute Gasteiger partial charge is 0.219 e. The van der Waals surface area contributed by atoms with Crippen molar-refractivity contribution in [1.82, 2.24) is 19.6 Å². The summed E-state index contributed by atoms with van der Waals surface area (Å²) in [6.07, 6.45) is 6.86. The van der Waals surface area contributed by atoms with Crippen molar-refractivity contribution in [3.8, 4) is 6.07 Å². The standard InChI is InChI=1S/C9H7N5/c10-5-9(1-2-9)7-3-11-8-12-6-13-14(8)4-7/h3-4,6H,1-2H2. The van der Waals surface area contributed by atoms with Crippen molar-refractivity contribution in [3.63, 3.8) is 0 Å². The third kappa shape index (κ3) is 0.852. The summed E-state index contributed by atoms with van der Waals surface area (Å²) in [5.41, 5.74) is 0.644. The molecule has 5 nitrogen and oxygen atoms in total. The van der Waals surface area contributed by atoms with Crippen molar-refractivity contribution in [3.05, 3.63) is 24.3 Å². The lowest BCUT2D eigenvalue weighted by atomic mass is 10.0. The highest BCUT2D eigenvalue weighted by Crippen LogP contribution is 2.46. The molecule has 2 aromatic heterocycles. The predicted octanol–water partition coefficient (Wildman–Crippen LogP) is 0.679. The maximum absolute atomic E-state index is 9.01. The van der Waals surface area contributed by atoms with Gasteiger partial charge in [0.1, 0.15) is 6.33 Å². The molecule has 1 aliphatic rings. The molecular weight excluding hydrogens is 178 g/mol. The summed E-state index contributed by atoms with van der Waals surface area (Å²) in [5.74, 6) is 0.572. The fourth-order valence-corrected chi connectivity index (χ4v) is 1.56. The summed E-state index contributed by atoms with van der Waals surface area (Å²) in [4.78, 5) is 8.08. The first-order valence-electron chi connectivity index (χ1n) is 4.41. The van der Waals surface area contributed by atoms with Crippen LogP contribution >= 0.6 is 0 Å². The van der Waals surface area contributed by atoms with Gasteiger partial charge in [-0.25, -0.2) is 9.50 Å². The van der Waals surface area contributed by atoms with Crippen molar-refractivity contribution >= 4 is 5.78 Å². The summed E-state index contributed by atoms with van der Waals surface area (Å²) in [6, 6.07) is 2.32. The molecule has 0 N–H and O–H groups in total. The van der Waals surface area contributed by atoms with Crippen LogP contribution in [0.4, 0.5) is 0 Å². The molecule has 14 heavy (non-hydrogen) atoms. The summed E-state index contributed by atoms with van der Waals surface area (Å²) in [6.45, 7) is 0. The Morgan fingerprint density at radius 1 is 1.43 bits per heavy atom. The third-order valence-corrected chi connectivity index (χ3v) is 2.65. The number of hydrogen-bond acceptors (Lipinski definition) is 4. The number of nitrogens with zero attached hydrogens (tertiary/aromatic N) is 5. The van der Waals surface area contributed by atoms with E-state index in [1.807, 2.05) is 6.20 Å². The molecule has 0 atom stereocenters. The van der Waals surface area contributed by atoms with E-state index in [1.165, 1.54) is 6.33 Å². The highest BCUT2D eigenvalue weighted by Gasteiger charge is 2.45. The van der Waals surface area contributed by atoms with Crippen molar-refractivity contribution in [2.45, 2.75) is 18.3 Å². The van der Waals surface area contributed by atoms with E-state index in [0.717, 1.165) is 18.4 Å². The minimum Gasteiger partial charge on any atom is -0.219 e. The normalized spacial score (nSPS) is 17.9. The summed E-state index contributed by atoms with van der Waals surface area (Å²) >= 11 is 0. The molecule has 68 valence electrons. The van der Waals surface area contributed by atoms with Crippen LogP contribution in [0.3, 0.4) is 0 Å². The lowest BCUT2D eigenvalue weighted by molar-refractivity contribution is 0.842. The molecule has 2 aromatic rings. The van der Waals surface area contributed by atoms with Gasteiger partial charge in [-0.2, -0.15) is 15.3 Å². The molecule has 3 rings (SSSR count). The topological polar surface area (TPSA) is 66.9 Å². The van der Waals surface area contributed by atoms with E-state index >= 15 is 0 Å². The molecule has 0 radical (unpaired) electrons. The first-order chi connectivity index (χ1) is 6.84. The summed E-state index contributed by atoms with van der Waals surface area (Å²) in [7, 11) is 0. The quantitative estimate of drug-likeness (QED) is 0.655. The van der Waals surface area contributed by atoms with E-state index in [1.54, 1.807) is 10.7 Å². The minimum absolute atomic E-state index is 0.298. The van der Waals surface area contributed by atoms with Gasteiger partial charge in [-0.05, 0) is 12.8 Å². The van der Waals surface area contributed by atoms with Gasteiger partial charge in [-0.1, -0.05) is 0 Å². The van der Waals surface area contributed by atoms with Crippen LogP contribution in [0.5, 0.6) is 0 Å². The molecule has 0 aromatic carbocycles. The lowest BCUT2D eigenvalue weighted by Gasteiger charge is -2.04. The third-order valence-electron chi connectivity index (χ3n) is 2.65. The number of rotatable bonds is 1. The Morgan fingerprint density at radius 2 is 2.29 bits per heavy atom. The highest BCUT2D eigenvalue weighted by molar-refractivity contribution is 5.38. The Kier molecular flexibility index (Phi) is 1.22. The van der Waals surface area contributed by atoms with E-state index in [-0.39, 0.29) is 5.41 Å². The molecule has 2 heterocycles. The first-order valence-corrected chi connectivity index (χ1v) is 4.41. The van der Waals surface area contributed by atoms with Gasteiger partial charge in [0.25, 0.3) is 5.78 Å². The molecule has 0 aliphatic heterocycles. The Balaban J connectivity index is 2.19. The average molecular weight is 185 g/mol. The average Bonchev–Trinajstić information content (AvgIpc) is 2.89. The van der Waals surface area contributed by atoms with E-state index in [2.05, 4.69) is 21.1 Å². The molecule has 1 fully saturated rings. The van der Waals surface area contributed by atoms with E-state index in [0.29, 0.717) is 5.78 Å². The van der Waals surface area contributed by atoms with Crippen LogP contribution in [0.15, 0.2) is 18.7 Å². The maximum atomic E-state index is 9.01. The molecule has 5 heteroatoms. The van der Waals surface area contributed by atoms with Gasteiger partial charge in [0.2, 0.25) is 0 Å². The van der Waals surface area contributed by atoms with E-state index in [9.17, 15) is 0 Å². The Hall–Kier alpha value is -1.96. The summed E-state index contributed by atoms with van der Waals surface area (Å²) < 4.78 is 1.60. The van der Waals surface area contributed by atoms with Crippen molar-refractivity contribution in [1.29, 1.82) is 5.26 Å². The number of nitriles is 1. The zero-order valence-electron chi connectivity index (χ0n) is 7.38. The highest BCUT2D eigenvalue weighted by atomic mass is 15.3. The molecule has 0 spiro atoms. The Labute approximate surface area is 80.0 Å². The molecule has 0 amide bonds. The van der Waals surface area contributed by atoms with Gasteiger partial charge in [0.05, 0.1) is 11.5 Å². The number of aromatic nitrogens is 4. The van der Waals surface area contributed by atoms with Gasteiger partial charge in [0, 0.05) is 18.0 Å². The number of fused-ring (bicyclic) bond motifs is 1. The fraction of sp³-hybridized carbons (Fsp3) is 0.333. The van der Waals surface area contributed by atoms with Gasteiger partial charge < -0.3 is 0 Å². The second-order valence-electron chi connectivity index (χ2n) is 3.54.